The van der Waals surface area contributed by atoms with E-state index in [0.29, 0.717) is 35.9 Å². The fourth-order valence-corrected chi connectivity index (χ4v) is 4.05. The van der Waals surface area contributed by atoms with Crippen LogP contribution in [0.3, 0.4) is 0 Å². The number of hydrogen-bond acceptors (Lipinski definition) is 5. The zero-order valence-electron chi connectivity index (χ0n) is 16.1. The number of hydrogen-bond donors (Lipinski definition) is 2. The molecule has 0 radical (unpaired) electrons. The lowest BCUT2D eigenvalue weighted by Gasteiger charge is -2.36. The predicted molar refractivity (Wildman–Crippen MR) is 110 cm³/mol. The van der Waals surface area contributed by atoms with Gasteiger partial charge in [-0.05, 0) is 36.6 Å². The van der Waals surface area contributed by atoms with Crippen molar-refractivity contribution >= 4 is 35.4 Å². The van der Waals surface area contributed by atoms with Gasteiger partial charge in [-0.15, -0.1) is 0 Å². The van der Waals surface area contributed by atoms with Gasteiger partial charge in [-0.2, -0.15) is 11.8 Å². The number of fused-ring (bicyclic) bond motifs is 1. The van der Waals surface area contributed by atoms with Crippen molar-refractivity contribution in [1.29, 1.82) is 0 Å². The van der Waals surface area contributed by atoms with E-state index in [9.17, 15) is 14.0 Å². The number of esters is 1. The maximum Gasteiger partial charge on any atom is 0.328 e. The Balaban J connectivity index is 1.93. The number of H-pyrrole nitrogens is 1. The van der Waals surface area contributed by atoms with E-state index in [0.717, 1.165) is 5.69 Å². The van der Waals surface area contributed by atoms with Crippen molar-refractivity contribution in [3.63, 3.8) is 0 Å². The third-order valence-electron chi connectivity index (χ3n) is 4.83. The number of thioether (sulfide) groups is 1. The lowest BCUT2D eigenvalue weighted by atomic mass is 9.95. The molecular weight excluding hydrogens is 419 g/mol. The first-order valence-corrected chi connectivity index (χ1v) is 10.8. The molecule has 0 fully saturated rings. The van der Waals surface area contributed by atoms with E-state index < -0.39 is 29.9 Å². The van der Waals surface area contributed by atoms with Crippen molar-refractivity contribution in [3.8, 4) is 0 Å². The van der Waals surface area contributed by atoms with Crippen molar-refractivity contribution < 1.29 is 18.7 Å². The standard InChI is InChI=1S/C19H22ClFN4O3S/c1-28-18(26)15(6-8-29-2)24-19(27)25-7-5-14-16(23-10-22-14)17(25)12-9-11(20)3-4-13(12)21/h3-4,9-10,15,17H,5-8H2,1-2H3,(H,22,23)(H,24,27)/t15-,17+/m0/s1. The summed E-state index contributed by atoms with van der Waals surface area (Å²) in [5.74, 6) is -0.328. The molecule has 29 heavy (non-hydrogen) atoms. The quantitative estimate of drug-likeness (QED) is 0.674. The van der Waals surface area contributed by atoms with E-state index in [4.69, 9.17) is 16.3 Å². The van der Waals surface area contributed by atoms with Gasteiger partial charge in [0, 0.05) is 29.2 Å². The van der Waals surface area contributed by atoms with E-state index in [2.05, 4.69) is 15.3 Å². The molecule has 2 atom stereocenters. The highest BCUT2D eigenvalue weighted by molar-refractivity contribution is 7.98. The van der Waals surface area contributed by atoms with Crippen LogP contribution in [-0.4, -0.2) is 58.6 Å². The van der Waals surface area contributed by atoms with Gasteiger partial charge in [-0.3, -0.25) is 0 Å². The van der Waals surface area contributed by atoms with Crippen LogP contribution in [0, 0.1) is 5.82 Å². The van der Waals surface area contributed by atoms with Crippen LogP contribution < -0.4 is 5.32 Å². The molecule has 7 nitrogen and oxygen atoms in total. The lowest BCUT2D eigenvalue weighted by molar-refractivity contribution is -0.142. The Hall–Kier alpha value is -2.26. The molecule has 10 heteroatoms. The number of methoxy groups -OCH3 is 1. The highest BCUT2D eigenvalue weighted by atomic mass is 35.5. The molecule has 2 N–H and O–H groups in total. The van der Waals surface area contributed by atoms with Crippen molar-refractivity contribution in [2.75, 3.05) is 25.7 Å². The van der Waals surface area contributed by atoms with Gasteiger partial charge in [0.1, 0.15) is 17.9 Å². The fraction of sp³-hybridized carbons (Fsp3) is 0.421. The zero-order chi connectivity index (χ0) is 21.0. The average molecular weight is 441 g/mol. The summed E-state index contributed by atoms with van der Waals surface area (Å²) in [5, 5.41) is 3.09. The van der Waals surface area contributed by atoms with Crippen molar-refractivity contribution in [3.05, 3.63) is 52.3 Å². The summed E-state index contributed by atoms with van der Waals surface area (Å²) >= 11 is 7.65. The monoisotopic (exact) mass is 440 g/mol. The predicted octanol–water partition coefficient (Wildman–Crippen LogP) is 3.15. The maximum absolute atomic E-state index is 14.7. The highest BCUT2D eigenvalue weighted by Gasteiger charge is 2.37. The number of amides is 2. The second-order valence-corrected chi connectivity index (χ2v) is 8.01. The Bertz CT molecular complexity index is 894. The Kier molecular flexibility index (Phi) is 7.02. The smallest absolute Gasteiger partial charge is 0.328 e. The molecular formula is C19H22ClFN4O3S. The number of urea groups is 1. The number of carbonyl (C=O) groups excluding carboxylic acids is 2. The Labute approximate surface area is 177 Å². The second-order valence-electron chi connectivity index (χ2n) is 6.58. The molecule has 2 amide bonds. The van der Waals surface area contributed by atoms with Gasteiger partial charge in [0.2, 0.25) is 0 Å². The molecule has 2 aromatic rings. The minimum absolute atomic E-state index is 0.249. The molecule has 0 spiro atoms. The van der Waals surface area contributed by atoms with Gasteiger partial charge >= 0.3 is 12.0 Å². The summed E-state index contributed by atoms with van der Waals surface area (Å²) in [6.45, 7) is 0.327. The summed E-state index contributed by atoms with van der Waals surface area (Å²) in [7, 11) is 1.28. The summed E-state index contributed by atoms with van der Waals surface area (Å²) in [5.41, 5.74) is 1.65. The van der Waals surface area contributed by atoms with Crippen LogP contribution in [-0.2, 0) is 16.0 Å². The van der Waals surface area contributed by atoms with E-state index in [-0.39, 0.29) is 5.56 Å². The van der Waals surface area contributed by atoms with E-state index >= 15 is 0 Å². The first kappa shape index (κ1) is 21.4. The Morgan fingerprint density at radius 2 is 2.31 bits per heavy atom. The van der Waals surface area contributed by atoms with Crippen LogP contribution >= 0.6 is 23.4 Å². The summed E-state index contributed by atoms with van der Waals surface area (Å²) in [6.07, 6.45) is 4.40. The molecule has 156 valence electrons. The summed E-state index contributed by atoms with van der Waals surface area (Å²) in [6, 6.07) is 2.18. The van der Waals surface area contributed by atoms with Gasteiger partial charge in [0.25, 0.3) is 0 Å². The molecule has 0 saturated carbocycles. The number of nitrogens with zero attached hydrogens (tertiary/aromatic N) is 2. The van der Waals surface area contributed by atoms with E-state index in [1.807, 2.05) is 6.26 Å². The van der Waals surface area contributed by atoms with Gasteiger partial charge < -0.3 is 19.9 Å². The zero-order valence-corrected chi connectivity index (χ0v) is 17.6. The number of rotatable bonds is 6. The van der Waals surface area contributed by atoms with Crippen molar-refractivity contribution in [2.24, 2.45) is 0 Å². The SMILES string of the molecule is COC(=O)[C@H](CCSC)NC(=O)N1CCc2[nH]cnc2[C@H]1c1cc(Cl)ccc1F. The van der Waals surface area contributed by atoms with Crippen molar-refractivity contribution in [1.82, 2.24) is 20.2 Å². The van der Waals surface area contributed by atoms with Crippen LogP contribution in [0.15, 0.2) is 24.5 Å². The van der Waals surface area contributed by atoms with Gasteiger partial charge in [0.05, 0.1) is 19.1 Å². The molecule has 1 aliphatic heterocycles. The normalized spacial score (nSPS) is 16.8. The molecule has 1 aliphatic rings. The summed E-state index contributed by atoms with van der Waals surface area (Å²) in [4.78, 5) is 34.0. The molecule has 0 bridgehead atoms. The number of halogens is 2. The molecule has 3 rings (SSSR count). The van der Waals surface area contributed by atoms with Crippen LogP contribution in [0.25, 0.3) is 0 Å². The number of ether oxygens (including phenoxy) is 1. The molecule has 1 aromatic carbocycles. The fourth-order valence-electron chi connectivity index (χ4n) is 3.39. The first-order chi connectivity index (χ1) is 14.0. The number of benzene rings is 1. The van der Waals surface area contributed by atoms with Crippen LogP contribution in [0.5, 0.6) is 0 Å². The molecule has 2 heterocycles. The molecule has 0 saturated heterocycles. The van der Waals surface area contributed by atoms with Gasteiger partial charge in [-0.1, -0.05) is 11.6 Å². The third-order valence-corrected chi connectivity index (χ3v) is 5.71. The van der Waals surface area contributed by atoms with Gasteiger partial charge in [0.15, 0.2) is 0 Å². The molecule has 1 aromatic heterocycles. The minimum Gasteiger partial charge on any atom is -0.467 e. The van der Waals surface area contributed by atoms with E-state index in [1.165, 1.54) is 36.5 Å². The average Bonchev–Trinajstić information content (AvgIpc) is 3.20. The van der Waals surface area contributed by atoms with Crippen LogP contribution in [0.4, 0.5) is 9.18 Å². The highest BCUT2D eigenvalue weighted by Crippen LogP contribution is 2.35. The number of imidazole rings is 1. The molecule has 0 aliphatic carbocycles. The molecule has 0 unspecified atom stereocenters. The number of aromatic amines is 1. The Morgan fingerprint density at radius 3 is 3.03 bits per heavy atom. The largest absolute Gasteiger partial charge is 0.467 e. The minimum atomic E-state index is -0.787. The van der Waals surface area contributed by atoms with E-state index in [1.54, 1.807) is 11.8 Å². The lowest BCUT2D eigenvalue weighted by Crippen LogP contribution is -2.51. The maximum atomic E-state index is 14.7. The number of aromatic nitrogens is 2. The van der Waals surface area contributed by atoms with Crippen molar-refractivity contribution in [2.45, 2.75) is 24.9 Å². The third kappa shape index (κ3) is 4.67. The number of carbonyl (C=O) groups is 2. The number of nitrogens with one attached hydrogen (secondary N) is 2. The topological polar surface area (TPSA) is 87.3 Å². The first-order valence-electron chi connectivity index (χ1n) is 9.07. The van der Waals surface area contributed by atoms with Crippen LogP contribution in [0.1, 0.15) is 29.4 Å². The summed E-state index contributed by atoms with van der Waals surface area (Å²) < 4.78 is 19.5. The van der Waals surface area contributed by atoms with Crippen LogP contribution in [0.2, 0.25) is 5.02 Å². The second kappa shape index (κ2) is 9.49. The Morgan fingerprint density at radius 1 is 1.52 bits per heavy atom. The van der Waals surface area contributed by atoms with Gasteiger partial charge in [-0.25, -0.2) is 19.0 Å².